The Morgan fingerprint density at radius 2 is 2.28 bits per heavy atom. The van der Waals surface area contributed by atoms with Gasteiger partial charge in [0.2, 0.25) is 0 Å². The minimum atomic E-state index is 0.438. The van der Waals surface area contributed by atoms with Crippen molar-refractivity contribution in [3.63, 3.8) is 0 Å². The summed E-state index contributed by atoms with van der Waals surface area (Å²) in [6.45, 7) is 8.30. The van der Waals surface area contributed by atoms with E-state index in [9.17, 15) is 0 Å². The molecule has 1 heterocycles. The lowest BCUT2D eigenvalue weighted by Gasteiger charge is -2.20. The zero-order chi connectivity index (χ0) is 13.0. The van der Waals surface area contributed by atoms with Gasteiger partial charge in [-0.1, -0.05) is 19.1 Å². The highest BCUT2D eigenvalue weighted by atomic mass is 16.5. The summed E-state index contributed by atoms with van der Waals surface area (Å²) in [5, 5.41) is 3.46. The minimum Gasteiger partial charge on any atom is -0.383 e. The van der Waals surface area contributed by atoms with Crippen LogP contribution in [0.15, 0.2) is 18.2 Å². The van der Waals surface area contributed by atoms with E-state index in [1.165, 1.54) is 16.8 Å². The molecule has 1 aromatic carbocycles. The fourth-order valence-electron chi connectivity index (χ4n) is 2.62. The van der Waals surface area contributed by atoms with Crippen molar-refractivity contribution in [1.29, 1.82) is 0 Å². The first kappa shape index (κ1) is 13.4. The van der Waals surface area contributed by atoms with Gasteiger partial charge in [0.25, 0.3) is 0 Å². The third kappa shape index (κ3) is 2.85. The van der Waals surface area contributed by atoms with Gasteiger partial charge in [0.15, 0.2) is 0 Å². The average molecular weight is 248 g/mol. The van der Waals surface area contributed by atoms with Crippen LogP contribution < -0.4 is 10.2 Å². The number of hydrogen-bond donors (Lipinski definition) is 1. The lowest BCUT2D eigenvalue weighted by Crippen LogP contribution is -2.24. The van der Waals surface area contributed by atoms with Crippen molar-refractivity contribution in [2.45, 2.75) is 26.3 Å². The van der Waals surface area contributed by atoms with E-state index in [-0.39, 0.29) is 0 Å². The summed E-state index contributed by atoms with van der Waals surface area (Å²) in [5.74, 6) is 0. The molecule has 0 radical (unpaired) electrons. The molecule has 0 saturated heterocycles. The van der Waals surface area contributed by atoms with Crippen molar-refractivity contribution in [2.24, 2.45) is 0 Å². The Hall–Kier alpha value is -1.06. The third-order valence-electron chi connectivity index (χ3n) is 3.67. The monoisotopic (exact) mass is 248 g/mol. The van der Waals surface area contributed by atoms with Crippen LogP contribution in [0.1, 0.15) is 31.0 Å². The van der Waals surface area contributed by atoms with Crippen molar-refractivity contribution >= 4 is 5.69 Å². The van der Waals surface area contributed by atoms with Gasteiger partial charge in [-0.05, 0) is 37.1 Å². The van der Waals surface area contributed by atoms with E-state index in [0.29, 0.717) is 6.04 Å². The summed E-state index contributed by atoms with van der Waals surface area (Å²) in [5.41, 5.74) is 4.26. The molecule has 18 heavy (non-hydrogen) atoms. The summed E-state index contributed by atoms with van der Waals surface area (Å²) >= 11 is 0. The van der Waals surface area contributed by atoms with E-state index in [1.807, 2.05) is 0 Å². The van der Waals surface area contributed by atoms with E-state index < -0.39 is 0 Å². The van der Waals surface area contributed by atoms with Gasteiger partial charge in [-0.15, -0.1) is 0 Å². The normalized spacial score (nSPS) is 15.8. The van der Waals surface area contributed by atoms with E-state index >= 15 is 0 Å². The van der Waals surface area contributed by atoms with Crippen LogP contribution in [0.2, 0.25) is 0 Å². The molecule has 0 aromatic heterocycles. The molecular formula is C15H24N2O. The standard InChI is InChI=1S/C15H24N2O/c1-4-16-12(2)13-5-6-15-14(11-13)7-8-17(15)9-10-18-3/h5-6,11-12,16H,4,7-10H2,1-3H3. The van der Waals surface area contributed by atoms with Gasteiger partial charge in [0.1, 0.15) is 0 Å². The van der Waals surface area contributed by atoms with E-state index in [1.54, 1.807) is 7.11 Å². The van der Waals surface area contributed by atoms with Crippen LogP contribution in [0.4, 0.5) is 5.69 Å². The third-order valence-corrected chi connectivity index (χ3v) is 3.67. The highest BCUT2D eigenvalue weighted by molar-refractivity contribution is 5.59. The molecule has 100 valence electrons. The number of benzene rings is 1. The zero-order valence-electron chi connectivity index (χ0n) is 11.7. The molecule has 0 amide bonds. The molecular weight excluding hydrogens is 224 g/mol. The molecule has 1 aliphatic rings. The second-order valence-corrected chi connectivity index (χ2v) is 4.90. The average Bonchev–Trinajstić information content (AvgIpc) is 2.79. The molecule has 0 bridgehead atoms. The summed E-state index contributed by atoms with van der Waals surface area (Å²) in [6.07, 6.45) is 1.16. The van der Waals surface area contributed by atoms with Crippen LogP contribution in [-0.4, -0.2) is 33.4 Å². The molecule has 1 aromatic rings. The first-order valence-electron chi connectivity index (χ1n) is 6.86. The molecule has 1 aliphatic heterocycles. The second kappa shape index (κ2) is 6.21. The van der Waals surface area contributed by atoms with Crippen LogP contribution in [-0.2, 0) is 11.2 Å². The van der Waals surface area contributed by atoms with Gasteiger partial charge in [-0.2, -0.15) is 0 Å². The Morgan fingerprint density at radius 3 is 3.00 bits per heavy atom. The smallest absolute Gasteiger partial charge is 0.0637 e. The van der Waals surface area contributed by atoms with Gasteiger partial charge < -0.3 is 15.0 Å². The summed E-state index contributed by atoms with van der Waals surface area (Å²) in [6, 6.07) is 7.31. The Labute approximate surface area is 110 Å². The fraction of sp³-hybridized carbons (Fsp3) is 0.600. The van der Waals surface area contributed by atoms with Crippen molar-refractivity contribution in [1.82, 2.24) is 5.32 Å². The van der Waals surface area contributed by atoms with Crippen LogP contribution in [0.25, 0.3) is 0 Å². The highest BCUT2D eigenvalue weighted by Crippen LogP contribution is 2.30. The summed E-state index contributed by atoms with van der Waals surface area (Å²) in [7, 11) is 1.76. The Kier molecular flexibility index (Phi) is 4.61. The van der Waals surface area contributed by atoms with Gasteiger partial charge in [0, 0.05) is 31.9 Å². The SMILES string of the molecule is CCNC(C)c1ccc2c(c1)CCN2CCOC. The van der Waals surface area contributed by atoms with Crippen molar-refractivity contribution in [2.75, 3.05) is 38.3 Å². The molecule has 0 fully saturated rings. The maximum absolute atomic E-state index is 5.16. The maximum Gasteiger partial charge on any atom is 0.0637 e. The molecule has 2 rings (SSSR count). The Bertz CT molecular complexity index is 392. The number of nitrogens with zero attached hydrogens (tertiary/aromatic N) is 1. The summed E-state index contributed by atoms with van der Waals surface area (Å²) in [4.78, 5) is 2.42. The molecule has 3 nitrogen and oxygen atoms in total. The Morgan fingerprint density at radius 1 is 1.44 bits per heavy atom. The van der Waals surface area contributed by atoms with Crippen LogP contribution >= 0.6 is 0 Å². The molecule has 1 unspecified atom stereocenters. The number of anilines is 1. The number of nitrogens with one attached hydrogen (secondary N) is 1. The topological polar surface area (TPSA) is 24.5 Å². The van der Waals surface area contributed by atoms with Crippen LogP contribution in [0, 0.1) is 0 Å². The minimum absolute atomic E-state index is 0.438. The lowest BCUT2D eigenvalue weighted by atomic mass is 10.0. The molecule has 1 atom stereocenters. The Balaban J connectivity index is 2.10. The highest BCUT2D eigenvalue weighted by Gasteiger charge is 2.19. The van der Waals surface area contributed by atoms with Gasteiger partial charge in [-0.25, -0.2) is 0 Å². The quantitative estimate of drug-likeness (QED) is 0.836. The van der Waals surface area contributed by atoms with Crippen molar-refractivity contribution < 1.29 is 4.74 Å². The number of methoxy groups -OCH3 is 1. The molecule has 0 spiro atoms. The number of hydrogen-bond acceptors (Lipinski definition) is 3. The molecule has 0 aliphatic carbocycles. The number of rotatable bonds is 6. The first-order chi connectivity index (χ1) is 8.76. The van der Waals surface area contributed by atoms with Crippen LogP contribution in [0.3, 0.4) is 0 Å². The van der Waals surface area contributed by atoms with E-state index in [0.717, 1.165) is 32.7 Å². The lowest BCUT2D eigenvalue weighted by molar-refractivity contribution is 0.205. The largest absolute Gasteiger partial charge is 0.383 e. The number of fused-ring (bicyclic) bond motifs is 1. The predicted molar refractivity (Wildman–Crippen MR) is 76.3 cm³/mol. The van der Waals surface area contributed by atoms with Gasteiger partial charge in [-0.3, -0.25) is 0 Å². The van der Waals surface area contributed by atoms with Crippen LogP contribution in [0.5, 0.6) is 0 Å². The number of ether oxygens (including phenoxy) is 1. The maximum atomic E-state index is 5.16. The second-order valence-electron chi connectivity index (χ2n) is 4.90. The van der Waals surface area contributed by atoms with E-state index in [2.05, 4.69) is 42.3 Å². The van der Waals surface area contributed by atoms with Gasteiger partial charge >= 0.3 is 0 Å². The molecule has 3 heteroatoms. The van der Waals surface area contributed by atoms with Crippen molar-refractivity contribution in [3.05, 3.63) is 29.3 Å². The van der Waals surface area contributed by atoms with Crippen molar-refractivity contribution in [3.8, 4) is 0 Å². The van der Waals surface area contributed by atoms with E-state index in [4.69, 9.17) is 4.74 Å². The molecule has 0 saturated carbocycles. The first-order valence-corrected chi connectivity index (χ1v) is 6.86. The summed E-state index contributed by atoms with van der Waals surface area (Å²) < 4.78 is 5.16. The molecule has 1 N–H and O–H groups in total. The fourth-order valence-corrected chi connectivity index (χ4v) is 2.62. The van der Waals surface area contributed by atoms with Gasteiger partial charge in [0.05, 0.1) is 6.61 Å². The predicted octanol–water partition coefficient (Wildman–Crippen LogP) is 2.37. The zero-order valence-corrected chi connectivity index (χ0v) is 11.7.